The summed E-state index contributed by atoms with van der Waals surface area (Å²) in [5.74, 6) is 0.0109. The SMILES string of the molecule is Cc1ncnc(C2CC2)c1-c1nc(C)c2nc(NCc3ncc(S(C)(=O)=O)cn3)c(=O)n([C@@H](C)C(F)(F)F)c2n1. The van der Waals surface area contributed by atoms with Crippen molar-refractivity contribution in [1.29, 1.82) is 0 Å². The number of hydrogen-bond acceptors (Lipinski definition) is 11. The molecule has 1 aliphatic rings. The monoisotopic (exact) mass is 575 g/mol. The minimum Gasteiger partial charge on any atom is -0.358 e. The highest BCUT2D eigenvalue weighted by Gasteiger charge is 2.40. The number of anilines is 1. The molecule has 1 saturated carbocycles. The molecule has 16 heteroatoms. The van der Waals surface area contributed by atoms with Gasteiger partial charge in [-0.25, -0.2) is 43.3 Å². The van der Waals surface area contributed by atoms with Crippen LogP contribution in [0.3, 0.4) is 0 Å². The normalized spacial score (nSPS) is 14.9. The number of aryl methyl sites for hydroxylation is 2. The molecule has 40 heavy (non-hydrogen) atoms. The van der Waals surface area contributed by atoms with Crippen LogP contribution in [0, 0.1) is 13.8 Å². The van der Waals surface area contributed by atoms with Gasteiger partial charge in [0, 0.05) is 24.6 Å². The summed E-state index contributed by atoms with van der Waals surface area (Å²) in [5.41, 5.74) is 0.742. The summed E-state index contributed by atoms with van der Waals surface area (Å²) in [6.07, 6.45) is 1.70. The highest BCUT2D eigenvalue weighted by atomic mass is 32.2. The van der Waals surface area contributed by atoms with Crippen LogP contribution in [-0.4, -0.2) is 60.3 Å². The molecule has 4 aromatic heterocycles. The predicted molar refractivity (Wildman–Crippen MR) is 137 cm³/mol. The van der Waals surface area contributed by atoms with E-state index in [0.717, 1.165) is 44.1 Å². The van der Waals surface area contributed by atoms with Crippen molar-refractivity contribution in [2.45, 2.75) is 63.2 Å². The number of halogens is 3. The lowest BCUT2D eigenvalue weighted by molar-refractivity contribution is -0.162. The van der Waals surface area contributed by atoms with Crippen molar-refractivity contribution in [3.05, 3.63) is 52.0 Å². The second kappa shape index (κ2) is 9.83. The molecule has 0 bridgehead atoms. The number of hydrogen-bond donors (Lipinski definition) is 1. The lowest BCUT2D eigenvalue weighted by Crippen LogP contribution is -2.35. The van der Waals surface area contributed by atoms with Crippen LogP contribution in [0.2, 0.25) is 0 Å². The number of aromatic nitrogens is 8. The van der Waals surface area contributed by atoms with E-state index in [9.17, 15) is 26.4 Å². The third-order valence-corrected chi connectivity index (χ3v) is 7.62. The van der Waals surface area contributed by atoms with Gasteiger partial charge in [0.15, 0.2) is 27.1 Å². The quantitative estimate of drug-likeness (QED) is 0.345. The molecule has 1 atom stereocenters. The molecular formula is C24H24F3N9O3S. The van der Waals surface area contributed by atoms with Gasteiger partial charge in [-0.3, -0.25) is 9.36 Å². The first-order valence-electron chi connectivity index (χ1n) is 12.2. The number of alkyl halides is 3. The molecule has 4 heterocycles. The first-order valence-corrected chi connectivity index (χ1v) is 14.1. The first-order chi connectivity index (χ1) is 18.8. The molecule has 1 fully saturated rings. The fourth-order valence-corrected chi connectivity index (χ4v) is 4.66. The van der Waals surface area contributed by atoms with Gasteiger partial charge in [-0.1, -0.05) is 0 Å². The number of rotatable bonds is 7. The van der Waals surface area contributed by atoms with Gasteiger partial charge < -0.3 is 5.32 Å². The maximum absolute atomic E-state index is 14.0. The van der Waals surface area contributed by atoms with Crippen LogP contribution in [0.25, 0.3) is 22.6 Å². The average molecular weight is 576 g/mol. The molecule has 0 spiro atoms. The maximum Gasteiger partial charge on any atom is 0.409 e. The minimum atomic E-state index is -4.77. The van der Waals surface area contributed by atoms with Crippen LogP contribution < -0.4 is 10.9 Å². The molecule has 0 unspecified atom stereocenters. The zero-order valence-electron chi connectivity index (χ0n) is 21.9. The zero-order chi connectivity index (χ0) is 29.0. The van der Waals surface area contributed by atoms with Crippen molar-refractivity contribution in [2.24, 2.45) is 0 Å². The highest BCUT2D eigenvalue weighted by molar-refractivity contribution is 7.90. The summed E-state index contributed by atoms with van der Waals surface area (Å²) < 4.78 is 65.8. The summed E-state index contributed by atoms with van der Waals surface area (Å²) in [6, 6.07) is -2.24. The molecule has 0 radical (unpaired) electrons. The Morgan fingerprint density at radius 1 is 1.05 bits per heavy atom. The standard InChI is InChI=1S/C24H24F3N9O3S/c1-11-17(19(14-5-6-14)32-10-31-11)20-33-12(2)18-22(35-20)36(13(3)24(25,26)27)23(37)21(34-18)30-9-16-28-7-15(8-29-16)40(4,38)39/h7-8,10,13-14H,5-6,9H2,1-4H3,(H,30,34)/t13-/m0/s1. The van der Waals surface area contributed by atoms with Gasteiger partial charge in [-0.2, -0.15) is 13.2 Å². The number of nitrogens with zero attached hydrogens (tertiary/aromatic N) is 8. The smallest absolute Gasteiger partial charge is 0.358 e. The third-order valence-electron chi connectivity index (χ3n) is 6.55. The van der Waals surface area contributed by atoms with E-state index < -0.39 is 33.4 Å². The van der Waals surface area contributed by atoms with Crippen molar-refractivity contribution in [3.63, 3.8) is 0 Å². The van der Waals surface area contributed by atoms with Crippen LogP contribution in [0.1, 0.15) is 54.6 Å². The van der Waals surface area contributed by atoms with E-state index in [0.29, 0.717) is 15.8 Å². The number of sulfone groups is 1. The van der Waals surface area contributed by atoms with Crippen LogP contribution in [-0.2, 0) is 16.4 Å². The molecule has 12 nitrogen and oxygen atoms in total. The second-order valence-electron chi connectivity index (χ2n) is 9.61. The Balaban J connectivity index is 1.64. The second-order valence-corrected chi connectivity index (χ2v) is 11.6. The van der Waals surface area contributed by atoms with Crippen LogP contribution in [0.5, 0.6) is 0 Å². The Hall–Kier alpha value is -4.08. The van der Waals surface area contributed by atoms with Gasteiger partial charge >= 0.3 is 6.18 Å². The molecule has 0 aromatic carbocycles. The van der Waals surface area contributed by atoms with E-state index in [1.165, 1.54) is 6.33 Å². The Bertz CT molecular complexity index is 1790. The van der Waals surface area contributed by atoms with E-state index in [4.69, 9.17) is 0 Å². The fraction of sp³-hybridized carbons (Fsp3) is 0.417. The van der Waals surface area contributed by atoms with Gasteiger partial charge in [0.25, 0.3) is 5.56 Å². The molecule has 1 aliphatic carbocycles. The van der Waals surface area contributed by atoms with Gasteiger partial charge in [0.1, 0.15) is 28.6 Å². The van der Waals surface area contributed by atoms with Gasteiger partial charge in [-0.15, -0.1) is 0 Å². The lowest BCUT2D eigenvalue weighted by atomic mass is 10.1. The highest BCUT2D eigenvalue weighted by Crippen LogP contribution is 2.43. The van der Waals surface area contributed by atoms with E-state index in [-0.39, 0.29) is 45.9 Å². The van der Waals surface area contributed by atoms with Crippen LogP contribution in [0.15, 0.2) is 28.4 Å². The minimum absolute atomic E-state index is 0.00207. The maximum atomic E-state index is 14.0. The molecule has 4 aromatic rings. The number of nitrogens with one attached hydrogen (secondary N) is 1. The molecule has 0 aliphatic heterocycles. The van der Waals surface area contributed by atoms with Crippen LogP contribution >= 0.6 is 0 Å². The number of fused-ring (bicyclic) bond motifs is 1. The van der Waals surface area contributed by atoms with Crippen molar-refractivity contribution >= 4 is 26.8 Å². The first kappa shape index (κ1) is 27.5. The van der Waals surface area contributed by atoms with Crippen molar-refractivity contribution in [1.82, 2.24) is 39.5 Å². The Morgan fingerprint density at radius 3 is 2.33 bits per heavy atom. The molecule has 210 valence electrons. The summed E-state index contributed by atoms with van der Waals surface area (Å²) in [5, 5.41) is 2.68. The Morgan fingerprint density at radius 2 is 1.73 bits per heavy atom. The van der Waals surface area contributed by atoms with E-state index in [2.05, 4.69) is 40.2 Å². The zero-order valence-corrected chi connectivity index (χ0v) is 22.7. The van der Waals surface area contributed by atoms with Crippen molar-refractivity contribution in [3.8, 4) is 11.4 Å². The van der Waals surface area contributed by atoms with E-state index >= 15 is 0 Å². The summed E-state index contributed by atoms with van der Waals surface area (Å²) in [4.78, 5) is 43.0. The summed E-state index contributed by atoms with van der Waals surface area (Å²) in [6.45, 7) is 3.97. The molecule has 0 amide bonds. The largest absolute Gasteiger partial charge is 0.409 e. The summed E-state index contributed by atoms with van der Waals surface area (Å²) in [7, 11) is -3.52. The topological polar surface area (TPSA) is 158 Å². The third kappa shape index (κ3) is 5.22. The van der Waals surface area contributed by atoms with Gasteiger partial charge in [0.2, 0.25) is 0 Å². The molecular weight excluding hydrogens is 551 g/mol. The van der Waals surface area contributed by atoms with Crippen LogP contribution in [0.4, 0.5) is 19.0 Å². The fourth-order valence-electron chi connectivity index (χ4n) is 4.18. The Labute approximate surface area is 226 Å². The van der Waals surface area contributed by atoms with Gasteiger partial charge in [-0.05, 0) is 33.6 Å². The molecule has 0 saturated heterocycles. The lowest BCUT2D eigenvalue weighted by Gasteiger charge is -2.21. The van der Waals surface area contributed by atoms with E-state index in [1.807, 2.05) is 0 Å². The summed E-state index contributed by atoms with van der Waals surface area (Å²) >= 11 is 0. The Kier molecular flexibility index (Phi) is 6.76. The van der Waals surface area contributed by atoms with Crippen molar-refractivity contribution in [2.75, 3.05) is 11.6 Å². The average Bonchev–Trinajstić information content (AvgIpc) is 3.72. The van der Waals surface area contributed by atoms with Crippen molar-refractivity contribution < 1.29 is 21.6 Å². The molecule has 1 N–H and O–H groups in total. The van der Waals surface area contributed by atoms with E-state index in [1.54, 1.807) is 13.8 Å². The van der Waals surface area contributed by atoms with Gasteiger partial charge in [0.05, 0.1) is 29.2 Å². The predicted octanol–water partition coefficient (Wildman–Crippen LogP) is 3.07. The molecule has 5 rings (SSSR count).